The van der Waals surface area contributed by atoms with E-state index < -0.39 is 0 Å². The molecule has 0 aromatic heterocycles. The predicted octanol–water partition coefficient (Wildman–Crippen LogP) is 1.39. The number of piperidine rings is 1. The monoisotopic (exact) mass is 244 g/mol. The van der Waals surface area contributed by atoms with Gasteiger partial charge in [0.25, 0.3) is 0 Å². The molecule has 2 atom stereocenters. The molecule has 0 aromatic rings. The molecule has 17 heavy (non-hydrogen) atoms. The summed E-state index contributed by atoms with van der Waals surface area (Å²) in [6.45, 7) is 4.15. The van der Waals surface area contributed by atoms with Crippen LogP contribution in [0.2, 0.25) is 0 Å². The van der Waals surface area contributed by atoms with Gasteiger partial charge in [0.05, 0.1) is 26.5 Å². The fraction of sp³-hybridized carbons (Fsp3) is 0.917. The van der Waals surface area contributed by atoms with Crippen LogP contribution in [0.4, 0.5) is 4.79 Å². The van der Waals surface area contributed by atoms with E-state index in [1.54, 1.807) is 4.90 Å². The van der Waals surface area contributed by atoms with E-state index in [2.05, 4.69) is 6.92 Å². The Balaban J connectivity index is 2.46. The highest BCUT2D eigenvalue weighted by Crippen LogP contribution is 2.23. The minimum Gasteiger partial charge on any atom is -0.453 e. The normalized spacial score (nSPS) is 25.1. The fourth-order valence-corrected chi connectivity index (χ4v) is 2.14. The SMILES string of the molecule is COC(=O)N1CCC(C)CC1COCN(C)C. The third kappa shape index (κ3) is 4.52. The van der Waals surface area contributed by atoms with Gasteiger partial charge in [-0.3, -0.25) is 4.90 Å². The smallest absolute Gasteiger partial charge is 0.409 e. The van der Waals surface area contributed by atoms with Crippen molar-refractivity contribution >= 4 is 6.09 Å². The second-order valence-electron chi connectivity index (χ2n) is 5.03. The van der Waals surface area contributed by atoms with Crippen molar-refractivity contribution in [1.29, 1.82) is 0 Å². The summed E-state index contributed by atoms with van der Waals surface area (Å²) in [4.78, 5) is 15.4. The van der Waals surface area contributed by atoms with Crippen molar-refractivity contribution in [3.63, 3.8) is 0 Å². The van der Waals surface area contributed by atoms with Gasteiger partial charge in [-0.05, 0) is 32.9 Å². The Morgan fingerprint density at radius 2 is 2.18 bits per heavy atom. The second-order valence-corrected chi connectivity index (χ2v) is 5.03. The standard InChI is InChI=1S/C12H24N2O3/c1-10-5-6-14(12(15)16-4)11(7-10)8-17-9-13(2)3/h10-11H,5-9H2,1-4H3. The minimum atomic E-state index is -0.240. The molecular weight excluding hydrogens is 220 g/mol. The van der Waals surface area contributed by atoms with Crippen LogP contribution in [0.1, 0.15) is 19.8 Å². The quantitative estimate of drug-likeness (QED) is 0.701. The van der Waals surface area contributed by atoms with Gasteiger partial charge in [-0.25, -0.2) is 4.79 Å². The van der Waals surface area contributed by atoms with Crippen molar-refractivity contribution in [2.24, 2.45) is 5.92 Å². The van der Waals surface area contributed by atoms with Crippen molar-refractivity contribution in [2.75, 3.05) is 41.1 Å². The molecule has 0 saturated carbocycles. The number of rotatable bonds is 4. The van der Waals surface area contributed by atoms with E-state index in [4.69, 9.17) is 9.47 Å². The van der Waals surface area contributed by atoms with E-state index in [1.165, 1.54) is 7.11 Å². The lowest BCUT2D eigenvalue weighted by atomic mass is 9.93. The molecule has 0 N–H and O–H groups in total. The number of ether oxygens (including phenoxy) is 2. The van der Waals surface area contributed by atoms with Gasteiger partial charge in [-0.2, -0.15) is 0 Å². The number of methoxy groups -OCH3 is 1. The molecule has 1 heterocycles. The molecule has 5 nitrogen and oxygen atoms in total. The first-order valence-electron chi connectivity index (χ1n) is 6.11. The Hall–Kier alpha value is -0.810. The van der Waals surface area contributed by atoms with Crippen LogP contribution in [0.15, 0.2) is 0 Å². The lowest BCUT2D eigenvalue weighted by molar-refractivity contribution is -0.00378. The molecule has 1 saturated heterocycles. The summed E-state index contributed by atoms with van der Waals surface area (Å²) in [7, 11) is 5.35. The van der Waals surface area contributed by atoms with Crippen LogP contribution < -0.4 is 0 Å². The zero-order valence-electron chi connectivity index (χ0n) is 11.3. The maximum atomic E-state index is 11.6. The van der Waals surface area contributed by atoms with Crippen LogP contribution in [0.3, 0.4) is 0 Å². The summed E-state index contributed by atoms with van der Waals surface area (Å²) in [5.74, 6) is 0.642. The van der Waals surface area contributed by atoms with Crippen molar-refractivity contribution in [3.8, 4) is 0 Å². The largest absolute Gasteiger partial charge is 0.453 e. The second kappa shape index (κ2) is 6.81. The summed E-state index contributed by atoms with van der Waals surface area (Å²) in [6.07, 6.45) is 1.79. The summed E-state index contributed by atoms with van der Waals surface area (Å²) < 4.78 is 10.4. The zero-order valence-corrected chi connectivity index (χ0v) is 11.3. The Bertz CT molecular complexity index is 246. The van der Waals surface area contributed by atoms with Crippen LogP contribution in [0, 0.1) is 5.92 Å². The fourth-order valence-electron chi connectivity index (χ4n) is 2.14. The summed E-state index contributed by atoms with van der Waals surface area (Å²) in [5, 5.41) is 0. The summed E-state index contributed by atoms with van der Waals surface area (Å²) in [6, 6.07) is 0.145. The van der Waals surface area contributed by atoms with Gasteiger partial charge in [0.15, 0.2) is 0 Å². The van der Waals surface area contributed by atoms with Gasteiger partial charge < -0.3 is 14.4 Å². The topological polar surface area (TPSA) is 42.0 Å². The lowest BCUT2D eigenvalue weighted by Crippen LogP contribution is -2.48. The first-order chi connectivity index (χ1) is 8.04. The molecule has 5 heteroatoms. The van der Waals surface area contributed by atoms with E-state index in [-0.39, 0.29) is 12.1 Å². The first-order valence-corrected chi connectivity index (χ1v) is 6.11. The third-order valence-electron chi connectivity index (χ3n) is 3.05. The zero-order chi connectivity index (χ0) is 12.8. The van der Waals surface area contributed by atoms with E-state index in [0.29, 0.717) is 19.3 Å². The molecule has 0 aliphatic carbocycles. The van der Waals surface area contributed by atoms with Crippen molar-refractivity contribution in [3.05, 3.63) is 0 Å². The molecule has 0 spiro atoms. The maximum Gasteiger partial charge on any atom is 0.409 e. The molecule has 2 unspecified atom stereocenters. The van der Waals surface area contributed by atoms with Crippen LogP contribution in [0.5, 0.6) is 0 Å². The van der Waals surface area contributed by atoms with Gasteiger partial charge in [0.1, 0.15) is 0 Å². The van der Waals surface area contributed by atoms with Crippen LogP contribution >= 0.6 is 0 Å². The molecule has 1 rings (SSSR count). The van der Waals surface area contributed by atoms with Gasteiger partial charge in [-0.1, -0.05) is 6.92 Å². The van der Waals surface area contributed by atoms with Crippen molar-refractivity contribution in [1.82, 2.24) is 9.80 Å². The van der Waals surface area contributed by atoms with Crippen LogP contribution in [-0.4, -0.2) is 63.0 Å². The molecule has 0 radical (unpaired) electrons. The number of likely N-dealkylation sites (tertiary alicyclic amines) is 1. The highest BCUT2D eigenvalue weighted by molar-refractivity contribution is 5.68. The maximum absolute atomic E-state index is 11.6. The number of hydrogen-bond donors (Lipinski definition) is 0. The predicted molar refractivity (Wildman–Crippen MR) is 65.8 cm³/mol. The Labute approximate surface area is 104 Å². The van der Waals surface area contributed by atoms with E-state index in [9.17, 15) is 4.79 Å². The Morgan fingerprint density at radius 3 is 2.76 bits per heavy atom. The number of amides is 1. The number of nitrogens with zero attached hydrogens (tertiary/aromatic N) is 2. The van der Waals surface area contributed by atoms with Gasteiger partial charge >= 0.3 is 6.09 Å². The average molecular weight is 244 g/mol. The Kier molecular flexibility index (Phi) is 5.71. The van der Waals surface area contributed by atoms with Crippen LogP contribution in [-0.2, 0) is 9.47 Å². The summed E-state index contributed by atoms with van der Waals surface area (Å²) >= 11 is 0. The van der Waals surface area contributed by atoms with E-state index >= 15 is 0 Å². The van der Waals surface area contributed by atoms with Gasteiger partial charge in [0.2, 0.25) is 0 Å². The van der Waals surface area contributed by atoms with Gasteiger partial charge in [0, 0.05) is 6.54 Å². The molecule has 1 fully saturated rings. The molecule has 1 aliphatic rings. The van der Waals surface area contributed by atoms with E-state index in [1.807, 2.05) is 19.0 Å². The number of carbonyl (C=O) groups excluding carboxylic acids is 1. The number of carbonyl (C=O) groups is 1. The molecular formula is C12H24N2O3. The minimum absolute atomic E-state index is 0.145. The highest BCUT2D eigenvalue weighted by atomic mass is 16.5. The van der Waals surface area contributed by atoms with Crippen molar-refractivity contribution < 1.29 is 14.3 Å². The Morgan fingerprint density at radius 1 is 1.47 bits per heavy atom. The van der Waals surface area contributed by atoms with Crippen molar-refractivity contribution in [2.45, 2.75) is 25.8 Å². The third-order valence-corrected chi connectivity index (χ3v) is 3.05. The lowest BCUT2D eigenvalue weighted by Gasteiger charge is -2.37. The summed E-state index contributed by atoms with van der Waals surface area (Å²) in [5.41, 5.74) is 0. The highest BCUT2D eigenvalue weighted by Gasteiger charge is 2.30. The van der Waals surface area contributed by atoms with E-state index in [0.717, 1.165) is 19.4 Å². The molecule has 0 aromatic carbocycles. The first kappa shape index (κ1) is 14.3. The average Bonchev–Trinajstić information content (AvgIpc) is 2.28. The molecule has 100 valence electrons. The molecule has 0 bridgehead atoms. The molecule has 1 amide bonds. The molecule has 1 aliphatic heterocycles. The number of hydrogen-bond acceptors (Lipinski definition) is 4. The van der Waals surface area contributed by atoms with Gasteiger partial charge in [-0.15, -0.1) is 0 Å². The van der Waals surface area contributed by atoms with Crippen LogP contribution in [0.25, 0.3) is 0 Å².